The van der Waals surface area contributed by atoms with E-state index in [0.29, 0.717) is 35.2 Å². The molecule has 2 aromatic rings. The van der Waals surface area contributed by atoms with E-state index >= 15 is 0 Å². The number of benzene rings is 2. The fourth-order valence-electron chi connectivity index (χ4n) is 7.91. The second kappa shape index (κ2) is 8.69. The number of ether oxygens (including phenoxy) is 1. The second-order valence-corrected chi connectivity index (χ2v) is 11.3. The number of allylic oxidation sites excluding steroid dienone is 2. The van der Waals surface area contributed by atoms with Crippen molar-refractivity contribution in [1.29, 1.82) is 5.26 Å². The highest BCUT2D eigenvalue weighted by molar-refractivity contribution is 5.64. The van der Waals surface area contributed by atoms with E-state index < -0.39 is 5.60 Å². The molecule has 1 aliphatic heterocycles. The van der Waals surface area contributed by atoms with Crippen LogP contribution in [0.5, 0.6) is 0 Å². The lowest BCUT2D eigenvalue weighted by Gasteiger charge is -2.58. The molecule has 0 radical (unpaired) electrons. The number of nitriles is 1. The van der Waals surface area contributed by atoms with Gasteiger partial charge in [-0.15, -0.1) is 5.92 Å². The standard InChI is InChI=1S/C33H33NO2/c1-3-16-33(35)17-14-30-28-13-12-26-21-36-18-15-27(26)31(28)29(19-32(30,33)2)25-10-8-24(9-11-25)23-6-4-22(20-34)5-7-23/h4-11,14,17,21,27-31,35H,12-13,15,18-19H2,1-2H3/t27?,28?,29-,30?,31?,32+,33+/m1/s1. The average molecular weight is 476 g/mol. The third-order valence-corrected chi connectivity index (χ3v) is 9.71. The lowest BCUT2D eigenvalue weighted by Crippen LogP contribution is -2.55. The maximum absolute atomic E-state index is 11.8. The van der Waals surface area contributed by atoms with Gasteiger partial charge >= 0.3 is 0 Å². The van der Waals surface area contributed by atoms with Crippen molar-refractivity contribution in [2.45, 2.75) is 51.0 Å². The fourth-order valence-corrected chi connectivity index (χ4v) is 7.91. The molecule has 7 atom stereocenters. The topological polar surface area (TPSA) is 53.2 Å². The van der Waals surface area contributed by atoms with Gasteiger partial charge in [-0.25, -0.2) is 0 Å². The smallest absolute Gasteiger partial charge is 0.149 e. The zero-order valence-electron chi connectivity index (χ0n) is 21.1. The minimum atomic E-state index is -1.08. The van der Waals surface area contributed by atoms with Gasteiger partial charge in [0.1, 0.15) is 5.60 Å². The molecular weight excluding hydrogens is 442 g/mol. The highest BCUT2D eigenvalue weighted by Gasteiger charge is 2.62. The monoisotopic (exact) mass is 475 g/mol. The Balaban J connectivity index is 1.40. The van der Waals surface area contributed by atoms with Crippen molar-refractivity contribution >= 4 is 0 Å². The summed E-state index contributed by atoms with van der Waals surface area (Å²) >= 11 is 0. The molecule has 0 amide bonds. The van der Waals surface area contributed by atoms with Crippen LogP contribution in [0.1, 0.15) is 56.6 Å². The van der Waals surface area contributed by atoms with E-state index in [4.69, 9.17) is 10.00 Å². The third-order valence-electron chi connectivity index (χ3n) is 9.71. The number of hydrogen-bond donors (Lipinski definition) is 1. The van der Waals surface area contributed by atoms with E-state index in [0.717, 1.165) is 43.4 Å². The molecule has 4 aliphatic rings. The number of fused-ring (bicyclic) bond motifs is 5. The van der Waals surface area contributed by atoms with Crippen LogP contribution in [0.15, 0.2) is 72.5 Å². The van der Waals surface area contributed by atoms with Gasteiger partial charge in [0.05, 0.1) is 24.5 Å². The van der Waals surface area contributed by atoms with Gasteiger partial charge < -0.3 is 9.84 Å². The van der Waals surface area contributed by atoms with Crippen LogP contribution >= 0.6 is 0 Å². The molecule has 1 heterocycles. The van der Waals surface area contributed by atoms with Gasteiger partial charge in [0.2, 0.25) is 0 Å². The lowest BCUT2D eigenvalue weighted by molar-refractivity contribution is -0.0869. The van der Waals surface area contributed by atoms with Crippen LogP contribution in [0, 0.1) is 52.3 Å². The minimum absolute atomic E-state index is 0.306. The predicted octanol–water partition coefficient (Wildman–Crippen LogP) is 6.61. The molecule has 3 aliphatic carbocycles. The van der Waals surface area contributed by atoms with Crippen molar-refractivity contribution in [1.82, 2.24) is 0 Å². The molecule has 4 unspecified atom stereocenters. The summed E-state index contributed by atoms with van der Waals surface area (Å²) in [6.07, 6.45) is 10.6. The quantitative estimate of drug-likeness (QED) is 0.393. The largest absolute Gasteiger partial charge is 0.501 e. The fraction of sp³-hybridized carbons (Fsp3) is 0.424. The summed E-state index contributed by atoms with van der Waals surface area (Å²) in [5.74, 6) is 8.50. The highest BCUT2D eigenvalue weighted by atomic mass is 16.5. The van der Waals surface area contributed by atoms with Gasteiger partial charge in [0.15, 0.2) is 0 Å². The molecule has 3 nitrogen and oxygen atoms in total. The summed E-state index contributed by atoms with van der Waals surface area (Å²) in [4.78, 5) is 0. The second-order valence-electron chi connectivity index (χ2n) is 11.3. The van der Waals surface area contributed by atoms with E-state index in [1.165, 1.54) is 11.1 Å². The number of aliphatic hydroxyl groups is 1. The van der Waals surface area contributed by atoms with Crippen molar-refractivity contribution in [3.05, 3.63) is 83.6 Å². The number of rotatable bonds is 2. The highest BCUT2D eigenvalue weighted by Crippen LogP contribution is 2.66. The predicted molar refractivity (Wildman–Crippen MR) is 141 cm³/mol. The first-order chi connectivity index (χ1) is 17.5. The van der Waals surface area contributed by atoms with Crippen LogP contribution in [0.2, 0.25) is 0 Å². The van der Waals surface area contributed by atoms with Gasteiger partial charge in [-0.05, 0) is 103 Å². The molecular formula is C33H33NO2. The zero-order chi connectivity index (χ0) is 24.9. The van der Waals surface area contributed by atoms with Gasteiger partial charge in [-0.3, -0.25) is 0 Å². The summed E-state index contributed by atoms with van der Waals surface area (Å²) in [6.45, 7) is 4.89. The molecule has 1 N–H and O–H groups in total. The van der Waals surface area contributed by atoms with Crippen molar-refractivity contribution < 1.29 is 9.84 Å². The minimum Gasteiger partial charge on any atom is -0.501 e. The Morgan fingerprint density at radius 1 is 1.00 bits per heavy atom. The molecule has 0 bridgehead atoms. The van der Waals surface area contributed by atoms with E-state index in [1.54, 1.807) is 0 Å². The van der Waals surface area contributed by atoms with Gasteiger partial charge in [-0.1, -0.05) is 55.3 Å². The summed E-state index contributed by atoms with van der Waals surface area (Å²) in [7, 11) is 0. The Hall–Kier alpha value is -3.27. The zero-order valence-corrected chi connectivity index (χ0v) is 21.1. The first-order valence-electron chi connectivity index (χ1n) is 13.2. The molecule has 36 heavy (non-hydrogen) atoms. The number of nitrogens with zero attached hydrogens (tertiary/aromatic N) is 1. The molecule has 6 rings (SSSR count). The molecule has 2 fully saturated rings. The number of hydrogen-bond acceptors (Lipinski definition) is 3. The maximum atomic E-state index is 11.8. The Morgan fingerprint density at radius 2 is 1.72 bits per heavy atom. The Bertz CT molecular complexity index is 1320. The van der Waals surface area contributed by atoms with Crippen LogP contribution in [-0.2, 0) is 4.74 Å². The molecule has 0 saturated heterocycles. The molecule has 0 spiro atoms. The lowest BCUT2D eigenvalue weighted by atomic mass is 9.47. The maximum Gasteiger partial charge on any atom is 0.149 e. The van der Waals surface area contributed by atoms with Crippen LogP contribution in [0.4, 0.5) is 0 Å². The van der Waals surface area contributed by atoms with Gasteiger partial charge in [0, 0.05) is 5.41 Å². The van der Waals surface area contributed by atoms with Crippen LogP contribution < -0.4 is 0 Å². The Kier molecular flexibility index (Phi) is 5.59. The first kappa shape index (κ1) is 23.1. The van der Waals surface area contributed by atoms with E-state index in [9.17, 15) is 5.11 Å². The molecule has 0 aromatic heterocycles. The van der Waals surface area contributed by atoms with Crippen molar-refractivity contribution in [3.63, 3.8) is 0 Å². The van der Waals surface area contributed by atoms with Crippen molar-refractivity contribution in [2.24, 2.45) is 29.1 Å². The summed E-state index contributed by atoms with van der Waals surface area (Å²) in [6, 6.07) is 19.0. The van der Waals surface area contributed by atoms with Gasteiger partial charge in [0.25, 0.3) is 0 Å². The van der Waals surface area contributed by atoms with E-state index in [1.807, 2.05) is 43.5 Å². The van der Waals surface area contributed by atoms with Crippen LogP contribution in [-0.4, -0.2) is 17.3 Å². The third kappa shape index (κ3) is 3.45. The first-order valence-corrected chi connectivity index (χ1v) is 13.2. The molecule has 2 saturated carbocycles. The van der Waals surface area contributed by atoms with E-state index in [-0.39, 0.29) is 5.41 Å². The summed E-state index contributed by atoms with van der Waals surface area (Å²) < 4.78 is 5.76. The van der Waals surface area contributed by atoms with Crippen LogP contribution in [0.25, 0.3) is 11.1 Å². The van der Waals surface area contributed by atoms with Crippen molar-refractivity contribution in [3.8, 4) is 29.0 Å². The summed E-state index contributed by atoms with van der Waals surface area (Å²) in [5, 5.41) is 20.9. The normalized spacial score (nSPS) is 36.2. The van der Waals surface area contributed by atoms with Gasteiger partial charge in [-0.2, -0.15) is 5.26 Å². The molecule has 2 aromatic carbocycles. The van der Waals surface area contributed by atoms with Crippen molar-refractivity contribution in [2.75, 3.05) is 6.61 Å². The molecule has 182 valence electrons. The average Bonchev–Trinajstić information content (AvgIpc) is 3.18. The Labute approximate surface area is 214 Å². The SMILES string of the molecule is CC#C[C@]1(O)C=CC2C3CCC4=COCCC4C3[C@@H](c3ccc(-c4ccc(C#N)cc4)cc3)C[C@@]21C. The molecule has 3 heteroatoms. The van der Waals surface area contributed by atoms with Crippen LogP contribution in [0.3, 0.4) is 0 Å². The summed E-state index contributed by atoms with van der Waals surface area (Å²) in [5.41, 5.74) is 4.41. The Morgan fingerprint density at radius 3 is 2.42 bits per heavy atom. The van der Waals surface area contributed by atoms with E-state index in [2.05, 4.69) is 55.2 Å².